The molecule has 0 unspecified atom stereocenters. The number of alkyl halides is 3. The van der Waals surface area contributed by atoms with E-state index in [0.717, 1.165) is 0 Å². The highest BCUT2D eigenvalue weighted by atomic mass is 19.4. The molecule has 1 aliphatic heterocycles. The van der Waals surface area contributed by atoms with Gasteiger partial charge in [0.25, 0.3) is 0 Å². The van der Waals surface area contributed by atoms with Gasteiger partial charge in [-0.15, -0.1) is 0 Å². The number of aliphatic imine (C=N–C) groups is 1. The van der Waals surface area contributed by atoms with E-state index >= 15 is 0 Å². The van der Waals surface area contributed by atoms with Gasteiger partial charge in [0.05, 0.1) is 17.7 Å². The molecule has 0 aromatic carbocycles. The number of hydrogen-bond acceptors (Lipinski definition) is 3. The first-order chi connectivity index (χ1) is 7.90. The van der Waals surface area contributed by atoms with Gasteiger partial charge in [-0.1, -0.05) is 0 Å². The average molecular weight is 249 g/mol. The van der Waals surface area contributed by atoms with E-state index in [4.69, 9.17) is 5.73 Å². The van der Waals surface area contributed by atoms with Crippen molar-refractivity contribution in [3.8, 4) is 0 Å². The van der Waals surface area contributed by atoms with Gasteiger partial charge in [0.15, 0.2) is 0 Å². The van der Waals surface area contributed by atoms with E-state index in [2.05, 4.69) is 4.99 Å². The molecule has 0 amide bonds. The number of piperidine rings is 1. The van der Waals surface area contributed by atoms with Crippen molar-refractivity contribution in [2.24, 2.45) is 16.6 Å². The summed E-state index contributed by atoms with van der Waals surface area (Å²) in [7, 11) is 3.38. The summed E-state index contributed by atoms with van der Waals surface area (Å²) < 4.78 is 38.1. The van der Waals surface area contributed by atoms with Gasteiger partial charge < -0.3 is 5.73 Å². The van der Waals surface area contributed by atoms with E-state index < -0.39 is 12.1 Å². The topological polar surface area (TPSA) is 41.6 Å². The third-order valence-corrected chi connectivity index (χ3v) is 3.20. The first-order valence-corrected chi connectivity index (χ1v) is 5.52. The molecule has 1 aliphatic rings. The van der Waals surface area contributed by atoms with E-state index in [0.29, 0.717) is 12.3 Å². The summed E-state index contributed by atoms with van der Waals surface area (Å²) >= 11 is 0. The Morgan fingerprint density at radius 1 is 1.47 bits per heavy atom. The summed E-state index contributed by atoms with van der Waals surface area (Å²) in [6, 6.07) is -0.305. The van der Waals surface area contributed by atoms with Crippen molar-refractivity contribution in [1.29, 1.82) is 0 Å². The van der Waals surface area contributed by atoms with Crippen molar-refractivity contribution in [3.05, 3.63) is 12.3 Å². The zero-order valence-electron chi connectivity index (χ0n) is 10.0. The van der Waals surface area contributed by atoms with Crippen LogP contribution in [-0.4, -0.2) is 43.5 Å². The van der Waals surface area contributed by atoms with Crippen LogP contribution in [0.3, 0.4) is 0 Å². The summed E-state index contributed by atoms with van der Waals surface area (Å²) in [6.45, 7) is 0.423. The highest BCUT2D eigenvalue weighted by Crippen LogP contribution is 2.36. The highest BCUT2D eigenvalue weighted by molar-refractivity contribution is 5.99. The highest BCUT2D eigenvalue weighted by Gasteiger charge is 2.44. The largest absolute Gasteiger partial charge is 0.405 e. The molecule has 1 saturated heterocycles. The van der Waals surface area contributed by atoms with Gasteiger partial charge in [-0.2, -0.15) is 13.2 Å². The van der Waals surface area contributed by atoms with E-state index in [1.807, 2.05) is 11.9 Å². The molecule has 0 bridgehead atoms. The molecular weight excluding hydrogens is 231 g/mol. The fourth-order valence-electron chi connectivity index (χ4n) is 2.16. The molecule has 0 radical (unpaired) electrons. The number of halogens is 3. The summed E-state index contributed by atoms with van der Waals surface area (Å²) in [4.78, 5) is 5.90. The molecule has 0 aromatic heterocycles. The van der Waals surface area contributed by atoms with Gasteiger partial charge in [-0.25, -0.2) is 0 Å². The van der Waals surface area contributed by atoms with Crippen molar-refractivity contribution in [1.82, 2.24) is 4.90 Å². The molecule has 0 aromatic rings. The molecule has 3 nitrogen and oxygen atoms in total. The third kappa shape index (κ3) is 3.46. The Labute approximate surface area is 99.2 Å². The van der Waals surface area contributed by atoms with Crippen molar-refractivity contribution >= 4 is 5.71 Å². The van der Waals surface area contributed by atoms with Crippen LogP contribution in [-0.2, 0) is 0 Å². The molecular formula is C11H18F3N3. The summed E-state index contributed by atoms with van der Waals surface area (Å²) in [5, 5.41) is 0. The first-order valence-electron chi connectivity index (χ1n) is 5.52. The van der Waals surface area contributed by atoms with Gasteiger partial charge in [0.2, 0.25) is 0 Å². The minimum Gasteiger partial charge on any atom is -0.405 e. The Bertz CT molecular complexity index is 310. The fraction of sp³-hybridized carbons (Fsp3) is 0.727. The monoisotopic (exact) mass is 249 g/mol. The quantitative estimate of drug-likeness (QED) is 0.758. The van der Waals surface area contributed by atoms with E-state index in [-0.39, 0.29) is 18.9 Å². The maximum atomic E-state index is 12.7. The predicted octanol–water partition coefficient (Wildman–Crippen LogP) is 1.80. The lowest BCUT2D eigenvalue weighted by Gasteiger charge is -2.37. The minimum atomic E-state index is -4.12. The van der Waals surface area contributed by atoms with Crippen LogP contribution in [0, 0.1) is 5.92 Å². The van der Waals surface area contributed by atoms with Gasteiger partial charge in [-0.3, -0.25) is 9.89 Å². The predicted molar refractivity (Wildman–Crippen MR) is 61.9 cm³/mol. The second-order valence-electron chi connectivity index (χ2n) is 4.27. The molecule has 2 atom stereocenters. The summed E-state index contributed by atoms with van der Waals surface area (Å²) in [5.41, 5.74) is 5.88. The molecule has 0 saturated carbocycles. The van der Waals surface area contributed by atoms with Crippen LogP contribution in [0.2, 0.25) is 0 Å². The van der Waals surface area contributed by atoms with Crippen LogP contribution in [0.25, 0.3) is 0 Å². The van der Waals surface area contributed by atoms with Crippen LogP contribution in [0.5, 0.6) is 0 Å². The van der Waals surface area contributed by atoms with Crippen molar-refractivity contribution < 1.29 is 13.2 Å². The van der Waals surface area contributed by atoms with Crippen LogP contribution >= 0.6 is 0 Å². The normalized spacial score (nSPS) is 28.9. The second kappa shape index (κ2) is 5.53. The lowest BCUT2D eigenvalue weighted by molar-refractivity contribution is -0.186. The zero-order valence-corrected chi connectivity index (χ0v) is 10.0. The number of rotatable bonds is 2. The molecule has 0 spiro atoms. The van der Waals surface area contributed by atoms with Gasteiger partial charge in [-0.05, 0) is 38.7 Å². The van der Waals surface area contributed by atoms with Crippen LogP contribution in [0.15, 0.2) is 17.3 Å². The van der Waals surface area contributed by atoms with E-state index in [9.17, 15) is 13.2 Å². The smallest absolute Gasteiger partial charge is 0.391 e. The molecule has 17 heavy (non-hydrogen) atoms. The molecule has 0 aliphatic carbocycles. The minimum absolute atomic E-state index is 0.0526. The van der Waals surface area contributed by atoms with Crippen LogP contribution in [0.1, 0.15) is 12.8 Å². The fourth-order valence-corrected chi connectivity index (χ4v) is 2.16. The molecule has 6 heteroatoms. The van der Waals surface area contributed by atoms with Crippen molar-refractivity contribution in [2.75, 3.05) is 20.6 Å². The van der Waals surface area contributed by atoms with Crippen LogP contribution < -0.4 is 5.73 Å². The first kappa shape index (κ1) is 14.0. The summed E-state index contributed by atoms with van der Waals surface area (Å²) in [6.07, 6.45) is -1.03. The van der Waals surface area contributed by atoms with Crippen LogP contribution in [0.4, 0.5) is 13.2 Å². The van der Waals surface area contributed by atoms with Crippen molar-refractivity contribution in [2.45, 2.75) is 25.1 Å². The molecule has 1 heterocycles. The van der Waals surface area contributed by atoms with Gasteiger partial charge in [0.1, 0.15) is 0 Å². The van der Waals surface area contributed by atoms with Crippen molar-refractivity contribution in [3.63, 3.8) is 0 Å². The summed E-state index contributed by atoms with van der Waals surface area (Å²) in [5.74, 6) is -1.24. The lowest BCUT2D eigenvalue weighted by atomic mass is 9.88. The lowest BCUT2D eigenvalue weighted by Crippen LogP contribution is -2.47. The zero-order chi connectivity index (χ0) is 13.1. The molecule has 1 fully saturated rings. The molecule has 1 rings (SSSR count). The Morgan fingerprint density at radius 3 is 2.59 bits per heavy atom. The van der Waals surface area contributed by atoms with E-state index in [1.165, 1.54) is 6.20 Å². The van der Waals surface area contributed by atoms with Gasteiger partial charge in [0, 0.05) is 7.05 Å². The maximum absolute atomic E-state index is 12.7. The number of hydrogen-bond donors (Lipinski definition) is 1. The maximum Gasteiger partial charge on any atom is 0.391 e. The second-order valence-corrected chi connectivity index (χ2v) is 4.27. The standard InChI is InChI=1S/C11H18F3N3/c1-16-9(3-5-15)10-7-8(11(12,13)14)4-6-17(10)2/h3,5,8,10H,4,6-7,15H2,1-2H3/t8-,10+/m1/s1. The SMILES string of the molecule is CN=C(C=CN)[C@@H]1C[C@H](C(F)(F)F)CCN1C. The number of nitrogens with two attached hydrogens (primary N) is 1. The Hall–Kier alpha value is -1.04. The number of likely N-dealkylation sites (tertiary alicyclic amines) is 1. The van der Waals surface area contributed by atoms with E-state index in [1.54, 1.807) is 13.1 Å². The van der Waals surface area contributed by atoms with Gasteiger partial charge >= 0.3 is 6.18 Å². The molecule has 2 N–H and O–H groups in total. The number of nitrogens with zero attached hydrogens (tertiary/aromatic N) is 2. The Balaban J connectivity index is 2.83. The molecule has 98 valence electrons. The third-order valence-electron chi connectivity index (χ3n) is 3.20. The Morgan fingerprint density at radius 2 is 2.12 bits per heavy atom. The average Bonchev–Trinajstić information content (AvgIpc) is 2.25. The Kier molecular flexibility index (Phi) is 4.56.